The number of aliphatic hydroxyl groups excluding tert-OH is 1. The normalized spacial score (nSPS) is 12.9. The highest BCUT2D eigenvalue weighted by molar-refractivity contribution is 5.11. The van der Waals surface area contributed by atoms with Crippen LogP contribution >= 0.6 is 0 Å². The SMILES string of the molecule is Cc1cc(C)nc(C(CN)CO)n1. The van der Waals surface area contributed by atoms with E-state index >= 15 is 0 Å². The van der Waals surface area contributed by atoms with E-state index in [1.54, 1.807) is 0 Å². The molecule has 0 aliphatic heterocycles. The van der Waals surface area contributed by atoms with Crippen LogP contribution in [0.1, 0.15) is 23.1 Å². The maximum atomic E-state index is 9.00. The molecule has 0 spiro atoms. The van der Waals surface area contributed by atoms with Crippen LogP contribution in [0.4, 0.5) is 0 Å². The van der Waals surface area contributed by atoms with Crippen LogP contribution in [0, 0.1) is 13.8 Å². The first-order valence-corrected chi connectivity index (χ1v) is 4.30. The Labute approximate surface area is 77.8 Å². The summed E-state index contributed by atoms with van der Waals surface area (Å²) in [5, 5.41) is 9.00. The van der Waals surface area contributed by atoms with Gasteiger partial charge in [-0.3, -0.25) is 0 Å². The topological polar surface area (TPSA) is 72.0 Å². The molecule has 4 heteroatoms. The molecule has 0 bridgehead atoms. The Morgan fingerprint density at radius 3 is 2.31 bits per heavy atom. The highest BCUT2D eigenvalue weighted by atomic mass is 16.3. The Hall–Kier alpha value is -1.00. The Kier molecular flexibility index (Phi) is 3.33. The van der Waals surface area contributed by atoms with Crippen molar-refractivity contribution in [2.24, 2.45) is 5.73 Å². The minimum absolute atomic E-state index is 0.000602. The van der Waals surface area contributed by atoms with Crippen molar-refractivity contribution in [2.45, 2.75) is 19.8 Å². The quantitative estimate of drug-likeness (QED) is 0.695. The average molecular weight is 181 g/mol. The molecular weight excluding hydrogens is 166 g/mol. The molecule has 0 aliphatic rings. The van der Waals surface area contributed by atoms with Crippen LogP contribution in [0.3, 0.4) is 0 Å². The minimum Gasteiger partial charge on any atom is -0.396 e. The summed E-state index contributed by atoms with van der Waals surface area (Å²) in [6.07, 6.45) is 0. The second kappa shape index (κ2) is 4.30. The van der Waals surface area contributed by atoms with Crippen molar-refractivity contribution in [3.05, 3.63) is 23.3 Å². The molecule has 1 atom stereocenters. The summed E-state index contributed by atoms with van der Waals surface area (Å²) in [6.45, 7) is 4.19. The first kappa shape index (κ1) is 10.1. The molecule has 4 nitrogen and oxygen atoms in total. The van der Waals surface area contributed by atoms with E-state index in [4.69, 9.17) is 10.8 Å². The van der Waals surface area contributed by atoms with Gasteiger partial charge in [0.25, 0.3) is 0 Å². The van der Waals surface area contributed by atoms with Crippen molar-refractivity contribution < 1.29 is 5.11 Å². The third-order valence-electron chi connectivity index (χ3n) is 1.87. The number of nitrogens with zero attached hydrogens (tertiary/aromatic N) is 2. The molecule has 0 saturated heterocycles. The summed E-state index contributed by atoms with van der Waals surface area (Å²) < 4.78 is 0. The zero-order chi connectivity index (χ0) is 9.84. The summed E-state index contributed by atoms with van der Waals surface area (Å²) in [4.78, 5) is 8.45. The van der Waals surface area contributed by atoms with E-state index in [9.17, 15) is 0 Å². The van der Waals surface area contributed by atoms with Crippen molar-refractivity contribution in [1.29, 1.82) is 0 Å². The van der Waals surface area contributed by atoms with Gasteiger partial charge in [0.1, 0.15) is 5.82 Å². The van der Waals surface area contributed by atoms with E-state index in [1.807, 2.05) is 19.9 Å². The van der Waals surface area contributed by atoms with Gasteiger partial charge in [-0.25, -0.2) is 9.97 Å². The van der Waals surface area contributed by atoms with Gasteiger partial charge in [0.05, 0.1) is 12.5 Å². The molecular formula is C9H15N3O. The van der Waals surface area contributed by atoms with E-state index in [-0.39, 0.29) is 12.5 Å². The van der Waals surface area contributed by atoms with E-state index in [0.717, 1.165) is 11.4 Å². The predicted octanol–water partition coefficient (Wildman–Crippen LogP) is 0.128. The molecule has 13 heavy (non-hydrogen) atoms. The minimum atomic E-state index is -0.140. The molecule has 1 aromatic heterocycles. The Balaban J connectivity index is 2.99. The summed E-state index contributed by atoms with van der Waals surface area (Å²) in [5.41, 5.74) is 7.30. The van der Waals surface area contributed by atoms with Gasteiger partial charge in [0.2, 0.25) is 0 Å². The molecule has 1 aromatic rings. The van der Waals surface area contributed by atoms with Gasteiger partial charge < -0.3 is 10.8 Å². The zero-order valence-electron chi connectivity index (χ0n) is 7.99. The summed E-state index contributed by atoms with van der Waals surface area (Å²) in [5.74, 6) is 0.501. The summed E-state index contributed by atoms with van der Waals surface area (Å²) >= 11 is 0. The Morgan fingerprint density at radius 1 is 1.38 bits per heavy atom. The fourth-order valence-electron chi connectivity index (χ4n) is 1.20. The molecule has 0 aromatic carbocycles. The van der Waals surface area contributed by atoms with Crippen LogP contribution in [0.25, 0.3) is 0 Å². The molecule has 1 unspecified atom stereocenters. The lowest BCUT2D eigenvalue weighted by atomic mass is 10.1. The lowest BCUT2D eigenvalue weighted by Crippen LogP contribution is -2.19. The van der Waals surface area contributed by atoms with Gasteiger partial charge in [0.15, 0.2) is 0 Å². The van der Waals surface area contributed by atoms with Crippen LogP contribution in [0.2, 0.25) is 0 Å². The van der Waals surface area contributed by atoms with Crippen LogP contribution < -0.4 is 5.73 Å². The van der Waals surface area contributed by atoms with Crippen LogP contribution in [0.5, 0.6) is 0 Å². The van der Waals surface area contributed by atoms with Crippen molar-refractivity contribution in [1.82, 2.24) is 9.97 Å². The number of hydrogen-bond acceptors (Lipinski definition) is 4. The van der Waals surface area contributed by atoms with E-state index in [2.05, 4.69) is 9.97 Å². The molecule has 0 saturated carbocycles. The lowest BCUT2D eigenvalue weighted by Gasteiger charge is -2.10. The van der Waals surface area contributed by atoms with Crippen molar-refractivity contribution in [3.8, 4) is 0 Å². The summed E-state index contributed by atoms with van der Waals surface area (Å²) in [7, 11) is 0. The van der Waals surface area contributed by atoms with Crippen molar-refractivity contribution in [2.75, 3.05) is 13.2 Å². The standard InChI is InChI=1S/C9H15N3O/c1-6-3-7(2)12-9(11-6)8(4-10)5-13/h3,8,13H,4-5,10H2,1-2H3. The van der Waals surface area contributed by atoms with Crippen molar-refractivity contribution in [3.63, 3.8) is 0 Å². The van der Waals surface area contributed by atoms with Crippen LogP contribution in [-0.4, -0.2) is 28.2 Å². The number of hydrogen-bond donors (Lipinski definition) is 2. The second-order valence-electron chi connectivity index (χ2n) is 3.12. The van der Waals surface area contributed by atoms with Gasteiger partial charge in [-0.2, -0.15) is 0 Å². The molecule has 0 aliphatic carbocycles. The molecule has 1 rings (SSSR count). The fourth-order valence-corrected chi connectivity index (χ4v) is 1.20. The predicted molar refractivity (Wildman–Crippen MR) is 50.4 cm³/mol. The van der Waals surface area contributed by atoms with Gasteiger partial charge in [-0.15, -0.1) is 0 Å². The average Bonchev–Trinajstić information content (AvgIpc) is 2.04. The molecule has 0 amide bonds. The Bertz CT molecular complexity index is 264. The van der Waals surface area contributed by atoms with E-state index < -0.39 is 0 Å². The maximum Gasteiger partial charge on any atom is 0.135 e. The highest BCUT2D eigenvalue weighted by Gasteiger charge is 2.11. The largest absolute Gasteiger partial charge is 0.396 e. The number of nitrogens with two attached hydrogens (primary N) is 1. The third-order valence-corrected chi connectivity index (χ3v) is 1.87. The van der Waals surface area contributed by atoms with Gasteiger partial charge in [-0.1, -0.05) is 0 Å². The van der Waals surface area contributed by atoms with Gasteiger partial charge in [0, 0.05) is 17.9 Å². The number of rotatable bonds is 3. The molecule has 0 radical (unpaired) electrons. The Morgan fingerprint density at radius 2 is 1.92 bits per heavy atom. The highest BCUT2D eigenvalue weighted by Crippen LogP contribution is 2.09. The number of aryl methyl sites for hydroxylation is 2. The molecule has 72 valence electrons. The maximum absolute atomic E-state index is 9.00. The second-order valence-corrected chi connectivity index (χ2v) is 3.12. The van der Waals surface area contributed by atoms with E-state index in [0.29, 0.717) is 12.4 Å². The summed E-state index contributed by atoms with van der Waals surface area (Å²) in [6, 6.07) is 1.90. The van der Waals surface area contributed by atoms with E-state index in [1.165, 1.54) is 0 Å². The molecule has 1 heterocycles. The van der Waals surface area contributed by atoms with Crippen molar-refractivity contribution >= 4 is 0 Å². The fraction of sp³-hybridized carbons (Fsp3) is 0.556. The zero-order valence-corrected chi connectivity index (χ0v) is 7.99. The monoisotopic (exact) mass is 181 g/mol. The first-order valence-electron chi connectivity index (χ1n) is 4.30. The third kappa shape index (κ3) is 2.47. The van der Waals surface area contributed by atoms with Gasteiger partial charge >= 0.3 is 0 Å². The van der Waals surface area contributed by atoms with Crippen LogP contribution in [-0.2, 0) is 0 Å². The number of aliphatic hydroxyl groups is 1. The van der Waals surface area contributed by atoms with Gasteiger partial charge in [-0.05, 0) is 19.9 Å². The molecule has 3 N–H and O–H groups in total. The smallest absolute Gasteiger partial charge is 0.135 e. The lowest BCUT2D eigenvalue weighted by molar-refractivity contribution is 0.263. The van der Waals surface area contributed by atoms with Crippen LogP contribution in [0.15, 0.2) is 6.07 Å². The number of aromatic nitrogens is 2. The first-order chi connectivity index (χ1) is 6.17. The molecule has 0 fully saturated rings.